The standard InChI is InChI=1S/C34H47N5O3SSi/c1-9-15-24-25-18-13-20-27(25)31(28-21-14-19-26(24)28)35-32(40)37-43(42,38-44(7,8)33(2,3)4)30-22-29(34(5,6)41)39(36-30)23-16-11-10-12-17-23/h9-12,16-17,22,41H,1,13-15,18-21H2,2-8H3,(H2,35,37,38,40,42). The molecule has 2 aliphatic rings. The third kappa shape index (κ3) is 6.09. The number of para-hydroxylation sites is 1. The summed E-state index contributed by atoms with van der Waals surface area (Å²) in [5, 5.41) is 18.9. The van der Waals surface area contributed by atoms with E-state index in [9.17, 15) is 9.90 Å². The van der Waals surface area contributed by atoms with E-state index in [0.29, 0.717) is 11.4 Å². The van der Waals surface area contributed by atoms with Gasteiger partial charge in [-0.25, -0.2) is 18.1 Å². The van der Waals surface area contributed by atoms with Gasteiger partial charge >= 0.3 is 6.03 Å². The highest BCUT2D eigenvalue weighted by atomic mass is 32.2. The number of rotatable bonds is 8. The molecular weight excluding hydrogens is 587 g/mol. The summed E-state index contributed by atoms with van der Waals surface area (Å²) in [7, 11) is -6.06. The number of aliphatic hydroxyl groups is 1. The topological polar surface area (TPSA) is 109 Å². The summed E-state index contributed by atoms with van der Waals surface area (Å²) in [6.45, 7) is 17.8. The van der Waals surface area contributed by atoms with Gasteiger partial charge < -0.3 is 10.4 Å². The Kier molecular flexibility index (Phi) is 8.60. The van der Waals surface area contributed by atoms with Gasteiger partial charge in [0.2, 0.25) is 0 Å². The molecule has 2 aliphatic carbocycles. The molecule has 0 spiro atoms. The van der Waals surface area contributed by atoms with Gasteiger partial charge in [0.15, 0.2) is 14.9 Å². The first-order chi connectivity index (χ1) is 20.6. The Hall–Kier alpha value is -3.05. The van der Waals surface area contributed by atoms with Gasteiger partial charge in [-0.2, -0.15) is 5.10 Å². The molecule has 44 heavy (non-hydrogen) atoms. The van der Waals surface area contributed by atoms with Crippen molar-refractivity contribution < 1.29 is 14.1 Å². The molecule has 3 aromatic rings. The van der Waals surface area contributed by atoms with Crippen LogP contribution in [0, 0.1) is 0 Å². The van der Waals surface area contributed by atoms with Crippen LogP contribution in [0.1, 0.15) is 81.0 Å². The number of anilines is 1. The predicted octanol–water partition coefficient (Wildman–Crippen LogP) is 7.37. The second-order valence-corrected chi connectivity index (χ2v) is 21.4. The zero-order chi connectivity index (χ0) is 32.1. The van der Waals surface area contributed by atoms with Gasteiger partial charge in [-0.3, -0.25) is 0 Å². The number of carbonyl (C=O) groups excluding carboxylic acids is 1. The van der Waals surface area contributed by atoms with Gasteiger partial charge in [0.05, 0.1) is 11.4 Å². The van der Waals surface area contributed by atoms with Crippen molar-refractivity contribution in [1.29, 1.82) is 0 Å². The van der Waals surface area contributed by atoms with E-state index in [-0.39, 0.29) is 10.1 Å². The third-order valence-corrected chi connectivity index (χ3v) is 17.5. The lowest BCUT2D eigenvalue weighted by Gasteiger charge is -2.37. The second-order valence-electron chi connectivity index (χ2n) is 14.2. The maximum absolute atomic E-state index is 15.1. The summed E-state index contributed by atoms with van der Waals surface area (Å²) in [6, 6.07) is 10.4. The third-order valence-electron chi connectivity index (χ3n) is 9.43. The van der Waals surface area contributed by atoms with Crippen LogP contribution in [0.4, 0.5) is 10.5 Å². The molecule has 0 radical (unpaired) electrons. The van der Waals surface area contributed by atoms with Crippen molar-refractivity contribution in [3.8, 4) is 5.69 Å². The molecule has 0 fully saturated rings. The van der Waals surface area contributed by atoms with Crippen LogP contribution in [0.25, 0.3) is 5.69 Å². The van der Waals surface area contributed by atoms with Crippen molar-refractivity contribution >= 4 is 29.9 Å². The SMILES string of the molecule is C=CCc1c2c(c(NC(=O)N=S(=O)(N[Si](C)(C)C(C)(C)C)c3cc(C(C)(C)O)n(-c4ccccc4)n3)c3c1CCC3)CCC2. The average Bonchev–Trinajstić information content (AvgIpc) is 3.69. The number of hydrogen-bond acceptors (Lipinski definition) is 4. The number of amides is 2. The number of aromatic nitrogens is 2. The first-order valence-electron chi connectivity index (χ1n) is 15.6. The van der Waals surface area contributed by atoms with Crippen molar-refractivity contribution in [2.75, 3.05) is 5.32 Å². The van der Waals surface area contributed by atoms with Crippen LogP contribution in [-0.4, -0.2) is 33.4 Å². The lowest BCUT2D eigenvalue weighted by molar-refractivity contribution is 0.0711. The lowest BCUT2D eigenvalue weighted by atomic mass is 9.90. The van der Waals surface area contributed by atoms with Gasteiger partial charge in [0, 0.05) is 11.8 Å². The molecule has 3 N–H and O–H groups in total. The zero-order valence-electron chi connectivity index (χ0n) is 27.2. The predicted molar refractivity (Wildman–Crippen MR) is 181 cm³/mol. The molecule has 1 heterocycles. The number of urea groups is 1. The van der Waals surface area contributed by atoms with E-state index in [0.717, 1.165) is 50.6 Å². The molecule has 1 atom stereocenters. The summed E-state index contributed by atoms with van der Waals surface area (Å²) in [5.41, 5.74) is 7.13. The van der Waals surface area contributed by atoms with Crippen molar-refractivity contribution in [2.24, 2.45) is 4.36 Å². The van der Waals surface area contributed by atoms with Crippen LogP contribution in [0.3, 0.4) is 0 Å². The van der Waals surface area contributed by atoms with E-state index >= 15 is 4.21 Å². The quantitative estimate of drug-likeness (QED) is 0.178. The van der Waals surface area contributed by atoms with Crippen LogP contribution in [0.15, 0.2) is 58.4 Å². The molecule has 5 rings (SSSR count). The smallest absolute Gasteiger partial charge is 0.354 e. The molecule has 10 heteroatoms. The largest absolute Gasteiger partial charge is 0.384 e. The maximum Gasteiger partial charge on any atom is 0.354 e. The monoisotopic (exact) mass is 633 g/mol. The number of allylic oxidation sites excluding steroid dienone is 1. The summed E-state index contributed by atoms with van der Waals surface area (Å²) in [6.07, 6.45) is 8.68. The minimum Gasteiger partial charge on any atom is -0.384 e. The van der Waals surface area contributed by atoms with Crippen LogP contribution in [-0.2, 0) is 47.6 Å². The van der Waals surface area contributed by atoms with Crippen LogP contribution in [0.2, 0.25) is 18.1 Å². The second kappa shape index (κ2) is 11.7. The zero-order valence-corrected chi connectivity index (χ0v) is 29.0. The Morgan fingerprint density at radius 2 is 1.61 bits per heavy atom. The number of hydrogen-bond donors (Lipinski definition) is 3. The molecule has 0 bridgehead atoms. The number of carbonyl (C=O) groups is 1. The normalized spacial score (nSPS) is 16.3. The molecule has 1 aromatic heterocycles. The highest BCUT2D eigenvalue weighted by Gasteiger charge is 2.41. The van der Waals surface area contributed by atoms with Crippen molar-refractivity contribution in [1.82, 2.24) is 14.2 Å². The molecule has 2 aromatic carbocycles. The summed E-state index contributed by atoms with van der Waals surface area (Å²) in [4.78, 5) is 13.9. The Morgan fingerprint density at radius 1 is 1.05 bits per heavy atom. The molecule has 2 amide bonds. The fourth-order valence-corrected chi connectivity index (χ4v) is 11.6. The van der Waals surface area contributed by atoms with Gasteiger partial charge in [-0.1, -0.05) is 58.1 Å². The fourth-order valence-electron chi connectivity index (χ4n) is 6.17. The molecule has 0 aliphatic heterocycles. The minimum atomic E-state index is -3.57. The molecular formula is C34H47N5O3SSi. The molecule has 236 valence electrons. The average molecular weight is 634 g/mol. The van der Waals surface area contributed by atoms with Gasteiger partial charge in [-0.05, 0) is 104 Å². The summed E-state index contributed by atoms with van der Waals surface area (Å²) < 4.78 is 24.5. The Balaban J connectivity index is 1.65. The summed E-state index contributed by atoms with van der Waals surface area (Å²) in [5.74, 6) is 0. The van der Waals surface area contributed by atoms with Crippen molar-refractivity contribution in [3.05, 3.63) is 82.6 Å². The van der Waals surface area contributed by atoms with Crippen molar-refractivity contribution in [3.63, 3.8) is 0 Å². The number of nitrogens with one attached hydrogen (secondary N) is 2. The van der Waals surface area contributed by atoms with E-state index in [2.05, 4.69) is 54.5 Å². The highest BCUT2D eigenvalue weighted by molar-refractivity contribution is 7.93. The Labute approximate surface area is 263 Å². The highest BCUT2D eigenvalue weighted by Crippen LogP contribution is 2.42. The summed E-state index contributed by atoms with van der Waals surface area (Å²) >= 11 is 0. The fraction of sp³-hybridized carbons (Fsp3) is 0.471. The van der Waals surface area contributed by atoms with Crippen LogP contribution in [0.5, 0.6) is 0 Å². The Morgan fingerprint density at radius 3 is 2.14 bits per heavy atom. The van der Waals surface area contributed by atoms with E-state index < -0.39 is 29.8 Å². The number of nitrogens with zero attached hydrogens (tertiary/aromatic N) is 3. The first-order valence-corrected chi connectivity index (χ1v) is 20.1. The van der Waals surface area contributed by atoms with Crippen molar-refractivity contribution in [2.45, 2.75) is 108 Å². The molecule has 0 saturated carbocycles. The van der Waals surface area contributed by atoms with Gasteiger partial charge in [0.25, 0.3) is 0 Å². The maximum atomic E-state index is 15.1. The lowest BCUT2D eigenvalue weighted by Crippen LogP contribution is -2.54. The van der Waals surface area contributed by atoms with E-state index in [1.165, 1.54) is 27.8 Å². The first kappa shape index (κ1) is 32.3. The van der Waals surface area contributed by atoms with E-state index in [1.807, 2.05) is 36.4 Å². The van der Waals surface area contributed by atoms with E-state index in [4.69, 9.17) is 5.10 Å². The molecule has 0 saturated heterocycles. The number of fused-ring (bicyclic) bond motifs is 2. The van der Waals surface area contributed by atoms with E-state index in [1.54, 1.807) is 24.6 Å². The Bertz CT molecular complexity index is 1690. The molecule has 8 nitrogen and oxygen atoms in total. The van der Waals surface area contributed by atoms with Gasteiger partial charge in [0.1, 0.15) is 13.8 Å². The van der Waals surface area contributed by atoms with Crippen LogP contribution >= 0.6 is 0 Å². The molecule has 1 unspecified atom stereocenters. The van der Waals surface area contributed by atoms with Gasteiger partial charge in [-0.15, -0.1) is 10.9 Å². The van der Waals surface area contributed by atoms with Crippen LogP contribution < -0.4 is 9.70 Å². The minimum absolute atomic E-state index is 0.121. The number of benzene rings is 2.